The van der Waals surface area contributed by atoms with Crippen molar-refractivity contribution in [3.63, 3.8) is 0 Å². The summed E-state index contributed by atoms with van der Waals surface area (Å²) in [6.07, 6.45) is 9.80. The van der Waals surface area contributed by atoms with Crippen LogP contribution in [0.3, 0.4) is 0 Å². The Morgan fingerprint density at radius 3 is 2.47 bits per heavy atom. The first-order chi connectivity index (χ1) is 9.11. The summed E-state index contributed by atoms with van der Waals surface area (Å²) in [5, 5.41) is 0. The molecule has 0 aromatic heterocycles. The molecular weight excluding hydrogens is 230 g/mol. The third kappa shape index (κ3) is 3.92. The second-order valence-electron chi connectivity index (χ2n) is 4.37. The minimum absolute atomic E-state index is 0.967. The molecular formula is C18H22N+. The topological polar surface area (TPSA) is 3.01 Å². The highest BCUT2D eigenvalue weighted by molar-refractivity contribution is 6.11. The summed E-state index contributed by atoms with van der Waals surface area (Å²) < 4.78 is 2.00. The highest BCUT2D eigenvalue weighted by Crippen LogP contribution is 2.14. The third-order valence-corrected chi connectivity index (χ3v) is 2.93. The van der Waals surface area contributed by atoms with E-state index in [2.05, 4.69) is 32.2 Å². The molecule has 1 rings (SSSR count). The van der Waals surface area contributed by atoms with Gasteiger partial charge < -0.3 is 0 Å². The van der Waals surface area contributed by atoms with Crippen LogP contribution in [-0.4, -0.2) is 17.3 Å². The molecule has 1 aromatic rings. The van der Waals surface area contributed by atoms with Crippen molar-refractivity contribution in [2.75, 3.05) is 7.05 Å². The third-order valence-electron chi connectivity index (χ3n) is 2.93. The number of hydrogen-bond donors (Lipinski definition) is 0. The lowest BCUT2D eigenvalue weighted by atomic mass is 9.98. The standard InChI is InChI=1S/C18H22N/c1-6-8-9-13-16(4)18(19(5)7-2)17-14-11-10-12-15(17)3/h6-14H,2,4H2,1,3,5H3/q+1/b8-6-,13-9-,19-18+. The van der Waals surface area contributed by atoms with Crippen LogP contribution < -0.4 is 0 Å². The molecule has 1 nitrogen and oxygen atoms in total. The fourth-order valence-corrected chi connectivity index (χ4v) is 1.88. The maximum atomic E-state index is 4.17. The van der Waals surface area contributed by atoms with Crippen LogP contribution in [0.2, 0.25) is 0 Å². The van der Waals surface area contributed by atoms with Crippen LogP contribution in [0.5, 0.6) is 0 Å². The molecule has 0 aliphatic heterocycles. The van der Waals surface area contributed by atoms with Gasteiger partial charge in [0, 0.05) is 11.1 Å². The Hall–Kier alpha value is -2.15. The minimum Gasteiger partial charge on any atom is -0.201 e. The Balaban J connectivity index is 3.30. The quantitative estimate of drug-likeness (QED) is 0.418. The molecule has 1 aromatic carbocycles. The second-order valence-corrected chi connectivity index (χ2v) is 4.37. The van der Waals surface area contributed by atoms with Crippen molar-refractivity contribution in [1.82, 2.24) is 0 Å². The lowest BCUT2D eigenvalue weighted by Gasteiger charge is -2.07. The van der Waals surface area contributed by atoms with E-state index in [1.807, 2.05) is 55.0 Å². The Morgan fingerprint density at radius 2 is 1.89 bits per heavy atom. The van der Waals surface area contributed by atoms with Gasteiger partial charge in [0.1, 0.15) is 7.05 Å². The van der Waals surface area contributed by atoms with Gasteiger partial charge in [-0.3, -0.25) is 0 Å². The van der Waals surface area contributed by atoms with Crippen LogP contribution in [0, 0.1) is 6.92 Å². The number of nitrogens with zero attached hydrogens (tertiary/aromatic N) is 1. The molecule has 0 saturated heterocycles. The average Bonchev–Trinajstić information content (AvgIpc) is 2.41. The summed E-state index contributed by atoms with van der Waals surface area (Å²) in [5.41, 5.74) is 4.45. The second kappa shape index (κ2) is 7.32. The summed E-state index contributed by atoms with van der Waals surface area (Å²) in [6.45, 7) is 12.1. The summed E-state index contributed by atoms with van der Waals surface area (Å²) in [4.78, 5) is 0. The van der Waals surface area contributed by atoms with E-state index in [0.29, 0.717) is 0 Å². The molecule has 0 amide bonds. The van der Waals surface area contributed by atoms with Crippen molar-refractivity contribution in [2.45, 2.75) is 13.8 Å². The van der Waals surface area contributed by atoms with Gasteiger partial charge in [-0.05, 0) is 38.1 Å². The van der Waals surface area contributed by atoms with Gasteiger partial charge in [-0.1, -0.05) is 43.0 Å². The van der Waals surface area contributed by atoms with Crippen molar-refractivity contribution in [3.8, 4) is 0 Å². The van der Waals surface area contributed by atoms with E-state index in [1.165, 1.54) is 11.1 Å². The number of hydrogen-bond acceptors (Lipinski definition) is 0. The molecule has 1 heteroatoms. The molecule has 0 bridgehead atoms. The molecule has 0 aliphatic carbocycles. The predicted molar refractivity (Wildman–Crippen MR) is 84.8 cm³/mol. The molecule has 0 spiro atoms. The van der Waals surface area contributed by atoms with Gasteiger partial charge >= 0.3 is 0 Å². The minimum atomic E-state index is 0.967. The zero-order valence-corrected chi connectivity index (χ0v) is 12.1. The summed E-state index contributed by atoms with van der Waals surface area (Å²) in [7, 11) is 1.99. The Bertz CT molecular complexity index is 557. The highest BCUT2D eigenvalue weighted by Gasteiger charge is 2.16. The van der Waals surface area contributed by atoms with Gasteiger partial charge in [0.15, 0.2) is 6.20 Å². The van der Waals surface area contributed by atoms with E-state index in [1.54, 1.807) is 6.20 Å². The van der Waals surface area contributed by atoms with Gasteiger partial charge in [-0.15, -0.1) is 0 Å². The molecule has 0 atom stereocenters. The molecule has 0 aliphatic rings. The van der Waals surface area contributed by atoms with Crippen molar-refractivity contribution in [2.24, 2.45) is 0 Å². The molecule has 0 unspecified atom stereocenters. The first-order valence-electron chi connectivity index (χ1n) is 6.38. The fraction of sp³-hybridized carbons (Fsp3) is 0.167. The van der Waals surface area contributed by atoms with Gasteiger partial charge in [0.05, 0.1) is 0 Å². The number of aryl methyl sites for hydroxylation is 1. The van der Waals surface area contributed by atoms with Crippen molar-refractivity contribution in [1.29, 1.82) is 0 Å². The molecule has 0 saturated carbocycles. The van der Waals surface area contributed by atoms with Crippen LogP contribution in [0.15, 0.2) is 73.5 Å². The van der Waals surface area contributed by atoms with E-state index in [0.717, 1.165) is 11.3 Å². The van der Waals surface area contributed by atoms with Crippen LogP contribution >= 0.6 is 0 Å². The molecule has 0 fully saturated rings. The smallest absolute Gasteiger partial charge is 0.201 e. The maximum Gasteiger partial charge on any atom is 0.219 e. The van der Waals surface area contributed by atoms with E-state index in [4.69, 9.17) is 0 Å². The largest absolute Gasteiger partial charge is 0.219 e. The lowest BCUT2D eigenvalue weighted by Crippen LogP contribution is -2.16. The van der Waals surface area contributed by atoms with E-state index in [9.17, 15) is 0 Å². The molecule has 0 N–H and O–H groups in total. The van der Waals surface area contributed by atoms with E-state index >= 15 is 0 Å². The van der Waals surface area contributed by atoms with E-state index in [-0.39, 0.29) is 0 Å². The number of rotatable bonds is 5. The summed E-state index contributed by atoms with van der Waals surface area (Å²) in [6, 6.07) is 8.31. The normalized spacial score (nSPS) is 12.8. The SMILES string of the molecule is C=C/[N+](C)=C(\C(=C)/C=C\C=C/C)c1ccccc1C. The molecule has 19 heavy (non-hydrogen) atoms. The lowest BCUT2D eigenvalue weighted by molar-refractivity contribution is -0.420. The zero-order valence-electron chi connectivity index (χ0n) is 12.1. The Morgan fingerprint density at radius 1 is 1.21 bits per heavy atom. The Kier molecular flexibility index (Phi) is 5.74. The van der Waals surface area contributed by atoms with Crippen molar-refractivity contribution in [3.05, 3.63) is 84.6 Å². The number of benzene rings is 1. The number of allylic oxidation sites excluding steroid dienone is 5. The fourth-order valence-electron chi connectivity index (χ4n) is 1.88. The monoisotopic (exact) mass is 252 g/mol. The van der Waals surface area contributed by atoms with Crippen molar-refractivity contribution >= 4 is 5.71 Å². The van der Waals surface area contributed by atoms with Gasteiger partial charge in [-0.2, -0.15) is 0 Å². The van der Waals surface area contributed by atoms with Crippen LogP contribution in [-0.2, 0) is 0 Å². The van der Waals surface area contributed by atoms with Gasteiger partial charge in [-0.25, -0.2) is 4.58 Å². The summed E-state index contributed by atoms with van der Waals surface area (Å²) >= 11 is 0. The first-order valence-corrected chi connectivity index (χ1v) is 6.38. The first kappa shape index (κ1) is 14.9. The predicted octanol–water partition coefficient (Wildman–Crippen LogP) is 4.26. The van der Waals surface area contributed by atoms with Gasteiger partial charge in [0.2, 0.25) is 5.71 Å². The van der Waals surface area contributed by atoms with E-state index < -0.39 is 0 Å². The maximum absolute atomic E-state index is 4.17. The van der Waals surface area contributed by atoms with Crippen LogP contribution in [0.1, 0.15) is 18.1 Å². The summed E-state index contributed by atoms with van der Waals surface area (Å²) in [5.74, 6) is 0. The highest BCUT2D eigenvalue weighted by atomic mass is 14.9. The average molecular weight is 252 g/mol. The van der Waals surface area contributed by atoms with Crippen LogP contribution in [0.25, 0.3) is 0 Å². The van der Waals surface area contributed by atoms with Gasteiger partial charge in [0.25, 0.3) is 0 Å². The van der Waals surface area contributed by atoms with Crippen molar-refractivity contribution < 1.29 is 4.58 Å². The van der Waals surface area contributed by atoms with Crippen LogP contribution in [0.4, 0.5) is 0 Å². The molecule has 0 radical (unpaired) electrons. The zero-order chi connectivity index (χ0) is 14.3. The Labute approximate surface area is 116 Å². The molecule has 98 valence electrons. The molecule has 0 heterocycles.